The fraction of sp³-hybridized carbons (Fsp3) is 0.333. The molecule has 0 unspecified atom stereocenters. The van der Waals surface area contributed by atoms with Gasteiger partial charge in [-0.1, -0.05) is 6.58 Å². The van der Waals surface area contributed by atoms with Crippen LogP contribution in [0.15, 0.2) is 22.6 Å². The summed E-state index contributed by atoms with van der Waals surface area (Å²) in [6.45, 7) is 5.32. The first-order chi connectivity index (χ1) is 4.20. The average Bonchev–Trinajstić information content (AvgIpc) is 1.87. The molecule has 3 heteroatoms. The molecule has 0 saturated heterocycles. The largest absolute Gasteiger partial charge is 0.368 e. The van der Waals surface area contributed by atoms with Crippen LogP contribution in [-0.4, -0.2) is 18.7 Å². The first kappa shape index (κ1) is 7.88. The Labute approximate surface area is 55.0 Å². The third-order valence-electron chi connectivity index (χ3n) is 0.815. The van der Waals surface area contributed by atoms with Gasteiger partial charge in [0.15, 0.2) is 0 Å². The zero-order valence-electron chi connectivity index (χ0n) is 5.76. The Hall–Kier alpha value is -1.12. The highest BCUT2D eigenvalue weighted by molar-refractivity contribution is 6.01. The van der Waals surface area contributed by atoms with E-state index in [9.17, 15) is 0 Å². The van der Waals surface area contributed by atoms with Gasteiger partial charge in [0.05, 0.1) is 0 Å². The van der Waals surface area contributed by atoms with E-state index in [0.717, 1.165) is 5.71 Å². The molecule has 0 heterocycles. The number of guanidine groups is 1. The molecule has 0 aromatic carbocycles. The predicted octanol–water partition coefficient (Wildman–Crippen LogP) is 0.578. The van der Waals surface area contributed by atoms with Crippen LogP contribution in [0.4, 0.5) is 0 Å². The van der Waals surface area contributed by atoms with Gasteiger partial charge < -0.3 is 5.73 Å². The molecule has 0 aliphatic rings. The molecular formula is C6H11N3. The monoisotopic (exact) mass is 125 g/mol. The van der Waals surface area contributed by atoms with Crippen LogP contribution in [0.2, 0.25) is 0 Å². The smallest absolute Gasteiger partial charge is 0.215 e. The summed E-state index contributed by atoms with van der Waals surface area (Å²) in [6.07, 6.45) is 1.62. The number of nitrogens with two attached hydrogens (primary N) is 1. The number of aliphatic imine (C=N–C) groups is 2. The predicted molar refractivity (Wildman–Crippen MR) is 40.9 cm³/mol. The van der Waals surface area contributed by atoms with Crippen molar-refractivity contribution in [3.05, 3.63) is 12.7 Å². The molecule has 0 aromatic rings. The van der Waals surface area contributed by atoms with Crippen molar-refractivity contribution in [2.24, 2.45) is 15.7 Å². The zero-order valence-corrected chi connectivity index (χ0v) is 5.76. The van der Waals surface area contributed by atoms with Crippen LogP contribution in [0, 0.1) is 0 Å². The van der Waals surface area contributed by atoms with E-state index in [1.54, 1.807) is 13.1 Å². The van der Waals surface area contributed by atoms with Crippen LogP contribution < -0.4 is 5.73 Å². The third kappa shape index (κ3) is 3.46. The lowest BCUT2D eigenvalue weighted by atomic mass is 10.4. The highest BCUT2D eigenvalue weighted by Gasteiger charge is 1.82. The van der Waals surface area contributed by atoms with Crippen molar-refractivity contribution >= 4 is 11.7 Å². The van der Waals surface area contributed by atoms with Gasteiger partial charge in [0, 0.05) is 12.8 Å². The summed E-state index contributed by atoms with van der Waals surface area (Å²) in [5.41, 5.74) is 6.04. The van der Waals surface area contributed by atoms with Crippen LogP contribution in [0.3, 0.4) is 0 Å². The van der Waals surface area contributed by atoms with Crippen LogP contribution in [0.1, 0.15) is 6.92 Å². The summed E-state index contributed by atoms with van der Waals surface area (Å²) < 4.78 is 0. The Morgan fingerprint density at radius 1 is 1.67 bits per heavy atom. The van der Waals surface area contributed by atoms with Crippen molar-refractivity contribution in [3.63, 3.8) is 0 Å². The van der Waals surface area contributed by atoms with E-state index in [4.69, 9.17) is 5.73 Å². The fourth-order valence-corrected chi connectivity index (χ4v) is 0.276. The van der Waals surface area contributed by atoms with Crippen molar-refractivity contribution in [3.8, 4) is 0 Å². The molecule has 0 rings (SSSR count). The zero-order chi connectivity index (χ0) is 7.28. The standard InChI is InChI=1S/C6H11N3/c1-4-5(2)9-6(7)8-3/h4H,1H2,2-3H3,(H2,7,8)/b9-5-. The van der Waals surface area contributed by atoms with E-state index in [1.165, 1.54) is 0 Å². The van der Waals surface area contributed by atoms with E-state index >= 15 is 0 Å². The lowest BCUT2D eigenvalue weighted by Crippen LogP contribution is -2.09. The molecule has 0 radical (unpaired) electrons. The molecular weight excluding hydrogens is 114 g/mol. The number of hydrogen-bond donors (Lipinski definition) is 1. The van der Waals surface area contributed by atoms with Gasteiger partial charge in [-0.05, 0) is 13.0 Å². The topological polar surface area (TPSA) is 50.7 Å². The highest BCUT2D eigenvalue weighted by Crippen LogP contribution is 1.77. The summed E-state index contributed by atoms with van der Waals surface area (Å²) >= 11 is 0. The van der Waals surface area contributed by atoms with Crippen molar-refractivity contribution in [2.75, 3.05) is 7.05 Å². The first-order valence-electron chi connectivity index (χ1n) is 2.60. The third-order valence-corrected chi connectivity index (χ3v) is 0.815. The fourth-order valence-electron chi connectivity index (χ4n) is 0.276. The van der Waals surface area contributed by atoms with Crippen molar-refractivity contribution < 1.29 is 0 Å². The maximum absolute atomic E-state index is 5.26. The number of hydrogen-bond acceptors (Lipinski definition) is 1. The van der Waals surface area contributed by atoms with E-state index in [0.29, 0.717) is 0 Å². The molecule has 0 saturated carbocycles. The van der Waals surface area contributed by atoms with Crippen molar-refractivity contribution in [1.29, 1.82) is 0 Å². The Morgan fingerprint density at radius 3 is 2.56 bits per heavy atom. The second-order valence-electron chi connectivity index (χ2n) is 1.54. The summed E-state index contributed by atoms with van der Waals surface area (Å²) in [4.78, 5) is 7.48. The van der Waals surface area contributed by atoms with Gasteiger partial charge in [0.1, 0.15) is 0 Å². The normalized spacial score (nSPS) is 13.6. The Balaban J connectivity index is 4.11. The lowest BCUT2D eigenvalue weighted by molar-refractivity contribution is 1.35. The van der Waals surface area contributed by atoms with Gasteiger partial charge in [-0.2, -0.15) is 0 Å². The quantitative estimate of drug-likeness (QED) is 0.404. The van der Waals surface area contributed by atoms with Crippen LogP contribution in [0.5, 0.6) is 0 Å². The minimum atomic E-state index is 0.285. The molecule has 0 amide bonds. The molecule has 0 atom stereocenters. The minimum Gasteiger partial charge on any atom is -0.368 e. The molecule has 0 aliphatic carbocycles. The van der Waals surface area contributed by atoms with Crippen molar-refractivity contribution in [1.82, 2.24) is 0 Å². The molecule has 0 fully saturated rings. The molecule has 0 spiro atoms. The van der Waals surface area contributed by atoms with Gasteiger partial charge in [-0.25, -0.2) is 4.99 Å². The summed E-state index contributed by atoms with van der Waals surface area (Å²) in [7, 11) is 1.59. The van der Waals surface area contributed by atoms with E-state index in [-0.39, 0.29) is 5.96 Å². The lowest BCUT2D eigenvalue weighted by Gasteiger charge is -1.89. The molecule has 50 valence electrons. The summed E-state index contributed by atoms with van der Waals surface area (Å²) in [6, 6.07) is 0. The molecule has 2 N–H and O–H groups in total. The van der Waals surface area contributed by atoms with Crippen molar-refractivity contribution in [2.45, 2.75) is 6.92 Å². The van der Waals surface area contributed by atoms with Gasteiger partial charge in [0.25, 0.3) is 0 Å². The number of nitrogens with zero attached hydrogens (tertiary/aromatic N) is 2. The van der Waals surface area contributed by atoms with Crippen LogP contribution in [0.25, 0.3) is 0 Å². The van der Waals surface area contributed by atoms with E-state index in [1.807, 2.05) is 6.92 Å². The number of allylic oxidation sites excluding steroid dienone is 1. The summed E-state index contributed by atoms with van der Waals surface area (Å²) in [5, 5.41) is 0. The number of rotatable bonds is 1. The minimum absolute atomic E-state index is 0.285. The van der Waals surface area contributed by atoms with Gasteiger partial charge in [-0.15, -0.1) is 0 Å². The van der Waals surface area contributed by atoms with Crippen LogP contribution in [-0.2, 0) is 0 Å². The molecule has 0 bridgehead atoms. The van der Waals surface area contributed by atoms with Gasteiger partial charge in [0.2, 0.25) is 5.96 Å². The second kappa shape index (κ2) is 3.83. The Morgan fingerprint density at radius 2 is 2.22 bits per heavy atom. The van der Waals surface area contributed by atoms with Crippen LogP contribution >= 0.6 is 0 Å². The van der Waals surface area contributed by atoms with E-state index < -0.39 is 0 Å². The molecule has 0 aliphatic heterocycles. The van der Waals surface area contributed by atoms with Gasteiger partial charge >= 0.3 is 0 Å². The summed E-state index contributed by atoms with van der Waals surface area (Å²) in [5.74, 6) is 0.285. The SMILES string of the molecule is C=C/C(C)=N\C(N)=NC. The maximum atomic E-state index is 5.26. The second-order valence-corrected chi connectivity index (χ2v) is 1.54. The average molecular weight is 125 g/mol. The van der Waals surface area contributed by atoms with Gasteiger partial charge in [-0.3, -0.25) is 4.99 Å². The molecule has 0 aromatic heterocycles. The molecule has 3 nitrogen and oxygen atoms in total. The Bertz CT molecular complexity index is 156. The highest BCUT2D eigenvalue weighted by atomic mass is 15.0. The van der Waals surface area contributed by atoms with E-state index in [2.05, 4.69) is 16.6 Å². The Kier molecular flexibility index (Phi) is 3.35. The maximum Gasteiger partial charge on any atom is 0.215 e. The first-order valence-corrected chi connectivity index (χ1v) is 2.60. The molecule has 9 heavy (non-hydrogen) atoms.